The number of nitrogens with one attached hydrogen (secondary N) is 1. The number of halogens is 4. The zero-order valence-electron chi connectivity index (χ0n) is 23.1. The summed E-state index contributed by atoms with van der Waals surface area (Å²) in [5, 5.41) is 3.52. The first-order valence-corrected chi connectivity index (χ1v) is 13.6. The minimum Gasteiger partial charge on any atom is -0.371 e. The number of hydrogen-bond donors (Lipinski definition) is 1. The summed E-state index contributed by atoms with van der Waals surface area (Å²) in [6.07, 6.45) is -5.80. The van der Waals surface area contributed by atoms with Crippen LogP contribution in [0.15, 0.2) is 48.5 Å². The zero-order chi connectivity index (χ0) is 29.1. The van der Waals surface area contributed by atoms with Gasteiger partial charge in [-0.1, -0.05) is 35.9 Å². The second-order valence-electron chi connectivity index (χ2n) is 11.1. The number of amides is 1. The molecule has 0 radical (unpaired) electrons. The van der Waals surface area contributed by atoms with Gasteiger partial charge in [0, 0.05) is 31.0 Å². The van der Waals surface area contributed by atoms with Crippen LogP contribution in [-0.4, -0.2) is 67.7 Å². The van der Waals surface area contributed by atoms with Crippen molar-refractivity contribution in [2.75, 3.05) is 27.2 Å². The van der Waals surface area contributed by atoms with Crippen molar-refractivity contribution in [1.82, 2.24) is 10.2 Å². The summed E-state index contributed by atoms with van der Waals surface area (Å²) in [6.45, 7) is 4.57. The molecular weight excluding hydrogens is 549 g/mol. The van der Waals surface area contributed by atoms with E-state index in [1.165, 1.54) is 6.07 Å². The molecule has 2 aliphatic rings. The molecule has 1 aliphatic carbocycles. The Kier molecular flexibility index (Phi) is 9.49. The second-order valence-corrected chi connectivity index (χ2v) is 11.5. The van der Waals surface area contributed by atoms with Crippen LogP contribution >= 0.6 is 11.6 Å². The van der Waals surface area contributed by atoms with Gasteiger partial charge in [-0.2, -0.15) is 13.2 Å². The lowest BCUT2D eigenvalue weighted by atomic mass is 9.78. The Morgan fingerprint density at radius 2 is 1.77 bits per heavy atom. The third-order valence-electron chi connectivity index (χ3n) is 7.03. The van der Waals surface area contributed by atoms with Gasteiger partial charge < -0.3 is 29.2 Å². The Morgan fingerprint density at radius 1 is 1.07 bits per heavy atom. The van der Waals surface area contributed by atoms with Gasteiger partial charge in [0.2, 0.25) is 0 Å². The normalized spacial score (nSPS) is 26.1. The minimum atomic E-state index is -4.49. The van der Waals surface area contributed by atoms with Gasteiger partial charge in [-0.05, 0) is 63.3 Å². The first-order chi connectivity index (χ1) is 18.8. The molecule has 4 atom stereocenters. The van der Waals surface area contributed by atoms with Crippen LogP contribution in [0.1, 0.15) is 43.4 Å². The summed E-state index contributed by atoms with van der Waals surface area (Å²) in [7, 11) is 3.78. The van der Waals surface area contributed by atoms with Gasteiger partial charge in [-0.15, -0.1) is 0 Å². The number of hydrogen-bond acceptors (Lipinski definition) is 6. The summed E-state index contributed by atoms with van der Waals surface area (Å²) in [6, 6.07) is 12.2. The number of carbonyl (C=O) groups excluding carboxylic acids is 1. The highest BCUT2D eigenvalue weighted by molar-refractivity contribution is 6.30. The van der Waals surface area contributed by atoms with E-state index in [9.17, 15) is 18.0 Å². The van der Waals surface area contributed by atoms with Crippen molar-refractivity contribution in [2.45, 2.75) is 75.8 Å². The SMILES string of the molecule is CN(C)CCNC(=O)[C@@]1(OCc2cccc(C(F)(F)F)c2)C[C@@H](OCc2cccc(Cl)c2)[C@@H]2OC(C)(C)O[C@@H]2C1. The third kappa shape index (κ3) is 7.74. The Balaban J connectivity index is 1.61. The quantitative estimate of drug-likeness (QED) is 0.414. The number of rotatable bonds is 10. The van der Waals surface area contributed by atoms with Crippen molar-refractivity contribution in [1.29, 1.82) is 0 Å². The van der Waals surface area contributed by atoms with Crippen LogP contribution in [0.3, 0.4) is 0 Å². The van der Waals surface area contributed by atoms with Crippen LogP contribution in [0.5, 0.6) is 0 Å². The highest BCUT2D eigenvalue weighted by atomic mass is 35.5. The Hall–Kier alpha value is -2.21. The summed E-state index contributed by atoms with van der Waals surface area (Å²) < 4.78 is 65.0. The number of ether oxygens (including phenoxy) is 4. The van der Waals surface area contributed by atoms with Crippen LogP contribution in [0.4, 0.5) is 13.2 Å². The molecule has 220 valence electrons. The molecule has 40 heavy (non-hydrogen) atoms. The fourth-order valence-electron chi connectivity index (χ4n) is 5.15. The monoisotopic (exact) mass is 584 g/mol. The van der Waals surface area contributed by atoms with E-state index in [0.717, 1.165) is 17.7 Å². The zero-order valence-corrected chi connectivity index (χ0v) is 23.8. The Morgan fingerprint density at radius 3 is 2.45 bits per heavy atom. The van der Waals surface area contributed by atoms with Crippen molar-refractivity contribution in [2.24, 2.45) is 0 Å². The van der Waals surface area contributed by atoms with Gasteiger partial charge in [-0.25, -0.2) is 0 Å². The van der Waals surface area contributed by atoms with E-state index in [2.05, 4.69) is 5.32 Å². The first kappa shape index (κ1) is 30.7. The minimum absolute atomic E-state index is 0.126. The van der Waals surface area contributed by atoms with Crippen LogP contribution in [0.25, 0.3) is 0 Å². The maximum atomic E-state index is 13.8. The highest BCUT2D eigenvalue weighted by Crippen LogP contribution is 2.44. The second kappa shape index (κ2) is 12.3. The lowest BCUT2D eigenvalue weighted by Crippen LogP contribution is -2.60. The third-order valence-corrected chi connectivity index (χ3v) is 7.27. The van der Waals surface area contributed by atoms with E-state index in [1.54, 1.807) is 32.0 Å². The Labute approximate surface area is 237 Å². The lowest BCUT2D eigenvalue weighted by Gasteiger charge is -2.43. The lowest BCUT2D eigenvalue weighted by molar-refractivity contribution is -0.183. The van der Waals surface area contributed by atoms with Crippen molar-refractivity contribution >= 4 is 17.5 Å². The maximum Gasteiger partial charge on any atom is 0.416 e. The summed E-state index contributed by atoms with van der Waals surface area (Å²) in [4.78, 5) is 15.7. The maximum absolute atomic E-state index is 13.8. The molecule has 0 aromatic heterocycles. The van der Waals surface area contributed by atoms with Gasteiger partial charge in [0.05, 0.1) is 31.0 Å². The molecule has 2 fully saturated rings. The molecule has 11 heteroatoms. The van der Waals surface area contributed by atoms with Crippen LogP contribution in [-0.2, 0) is 43.1 Å². The molecule has 1 amide bonds. The fraction of sp³-hybridized carbons (Fsp3) is 0.552. The summed E-state index contributed by atoms with van der Waals surface area (Å²) in [5.74, 6) is -1.28. The standard InChI is InChI=1S/C29H36ClF3N2O5/c1-27(2)39-24-16-28(26(36)34-11-12-35(3)4,38-18-19-7-5-9-21(13-19)29(31,32)33)15-23(25(24)40-27)37-17-20-8-6-10-22(30)14-20/h5-10,13-14,23-25H,11-12,15-18H2,1-4H3,(H,34,36)/t23-,24-,25+,28-/m1/s1. The smallest absolute Gasteiger partial charge is 0.371 e. The van der Waals surface area contributed by atoms with Gasteiger partial charge in [-0.3, -0.25) is 4.79 Å². The number of nitrogens with zero attached hydrogens (tertiary/aromatic N) is 1. The number of benzene rings is 2. The van der Waals surface area contributed by atoms with Crippen LogP contribution in [0, 0.1) is 0 Å². The predicted octanol–water partition coefficient (Wildman–Crippen LogP) is 5.19. The summed E-state index contributed by atoms with van der Waals surface area (Å²) >= 11 is 6.14. The Bertz CT molecular complexity index is 1180. The van der Waals surface area contributed by atoms with Gasteiger partial charge >= 0.3 is 6.18 Å². The average Bonchev–Trinajstić information content (AvgIpc) is 3.19. The highest BCUT2D eigenvalue weighted by Gasteiger charge is 2.58. The number of fused-ring (bicyclic) bond motifs is 1. The number of likely N-dealkylation sites (N-methyl/N-ethyl adjacent to an activating group) is 1. The number of alkyl halides is 3. The molecular formula is C29H36ClF3N2O5. The average molecular weight is 585 g/mol. The largest absolute Gasteiger partial charge is 0.416 e. The molecule has 7 nitrogen and oxygen atoms in total. The molecule has 0 bridgehead atoms. The number of carbonyl (C=O) groups is 1. The van der Waals surface area contributed by atoms with Gasteiger partial charge in [0.1, 0.15) is 6.10 Å². The first-order valence-electron chi connectivity index (χ1n) is 13.2. The van der Waals surface area contributed by atoms with Crippen molar-refractivity contribution in [3.8, 4) is 0 Å². The van der Waals surface area contributed by atoms with E-state index in [0.29, 0.717) is 23.7 Å². The van der Waals surface area contributed by atoms with Crippen molar-refractivity contribution in [3.63, 3.8) is 0 Å². The van der Waals surface area contributed by atoms with Crippen molar-refractivity contribution < 1.29 is 36.9 Å². The van der Waals surface area contributed by atoms with Gasteiger partial charge in [0.15, 0.2) is 11.4 Å². The molecule has 1 saturated carbocycles. The molecule has 2 aromatic carbocycles. The van der Waals surface area contributed by atoms with E-state index >= 15 is 0 Å². The molecule has 4 rings (SSSR count). The van der Waals surface area contributed by atoms with Crippen LogP contribution in [0.2, 0.25) is 5.02 Å². The van der Waals surface area contributed by atoms with Crippen LogP contribution < -0.4 is 5.32 Å². The van der Waals surface area contributed by atoms with E-state index in [4.69, 9.17) is 30.5 Å². The molecule has 1 heterocycles. The molecule has 1 saturated heterocycles. The summed E-state index contributed by atoms with van der Waals surface area (Å²) in [5.41, 5.74) is -1.06. The molecule has 1 N–H and O–H groups in total. The van der Waals surface area contributed by atoms with E-state index in [1.807, 2.05) is 31.1 Å². The predicted molar refractivity (Wildman–Crippen MR) is 144 cm³/mol. The van der Waals surface area contributed by atoms with Gasteiger partial charge in [0.25, 0.3) is 5.91 Å². The van der Waals surface area contributed by atoms with E-state index < -0.39 is 41.4 Å². The molecule has 0 spiro atoms. The molecule has 1 aliphatic heterocycles. The van der Waals surface area contributed by atoms with Crippen molar-refractivity contribution in [3.05, 3.63) is 70.2 Å². The van der Waals surface area contributed by atoms with E-state index in [-0.39, 0.29) is 32.0 Å². The topological polar surface area (TPSA) is 69.3 Å². The fourth-order valence-corrected chi connectivity index (χ4v) is 5.36. The molecule has 2 aromatic rings. The molecule has 0 unspecified atom stereocenters.